The molecule has 1 heterocycles. The van der Waals surface area contributed by atoms with Crippen LogP contribution in [0.25, 0.3) is 5.70 Å². The molecule has 3 aromatic rings. The number of methoxy groups -OCH3 is 1. The highest BCUT2D eigenvalue weighted by atomic mass is 79.9. The second kappa shape index (κ2) is 11.1. The van der Waals surface area contributed by atoms with Crippen molar-refractivity contribution in [3.63, 3.8) is 0 Å². The van der Waals surface area contributed by atoms with Crippen molar-refractivity contribution in [2.75, 3.05) is 13.7 Å². The predicted molar refractivity (Wildman–Crippen MR) is 154 cm³/mol. The lowest BCUT2D eigenvalue weighted by molar-refractivity contribution is -0.136. The average Bonchev–Trinajstić information content (AvgIpc) is 3.19. The summed E-state index contributed by atoms with van der Waals surface area (Å²) in [5.41, 5.74) is 4.94. The van der Waals surface area contributed by atoms with Crippen molar-refractivity contribution >= 4 is 56.6 Å². The summed E-state index contributed by atoms with van der Waals surface area (Å²) < 4.78 is 17.9. The third kappa shape index (κ3) is 4.95. The first-order valence-corrected chi connectivity index (χ1v) is 13.8. The Morgan fingerprint density at radius 1 is 1.03 bits per heavy atom. The summed E-state index contributed by atoms with van der Waals surface area (Å²) in [5.74, 6) is -0.436. The number of ether oxygens (including phenoxy) is 3. The highest BCUT2D eigenvalue weighted by molar-refractivity contribution is 9.10. The van der Waals surface area contributed by atoms with Gasteiger partial charge in [0.15, 0.2) is 17.3 Å². The Balaban J connectivity index is 1.61. The first-order valence-electron chi connectivity index (χ1n) is 12.2. The van der Waals surface area contributed by atoms with Crippen LogP contribution in [0.2, 0.25) is 10.0 Å². The number of halogens is 3. The van der Waals surface area contributed by atoms with E-state index in [0.717, 1.165) is 11.1 Å². The molecule has 1 atom stereocenters. The topological polar surface area (TPSA) is 73.9 Å². The number of hydrogen-bond acceptors (Lipinski definition) is 6. The standard InChI is InChI=1S/C30H24BrCl2NO5/c1-4-38-23-12-20(21(31)13-24(23)39-14-16-9-10-17(32)11-22(16)33)26-25(30(36)37-3)15(2)34-28-18-7-5-6-8-19(18)29(35)27(26)28/h5-13,26,34H,4,14H2,1-3H3/t26-/m0/s1. The van der Waals surface area contributed by atoms with Gasteiger partial charge in [-0.05, 0) is 43.7 Å². The predicted octanol–water partition coefficient (Wildman–Crippen LogP) is 7.48. The molecule has 9 heteroatoms. The van der Waals surface area contributed by atoms with Crippen LogP contribution in [0.1, 0.15) is 46.8 Å². The van der Waals surface area contributed by atoms with Crippen LogP contribution in [0, 0.1) is 0 Å². The summed E-state index contributed by atoms with van der Waals surface area (Å²) in [4.78, 5) is 26.8. The highest BCUT2D eigenvalue weighted by Gasteiger charge is 2.43. The molecule has 0 bridgehead atoms. The maximum absolute atomic E-state index is 13.7. The maximum atomic E-state index is 13.7. The number of rotatable bonds is 7. The number of ketones is 1. The first kappa shape index (κ1) is 27.3. The SMILES string of the molecule is CCOc1cc([C@H]2C(C(=O)OC)=C(C)NC3=C2C(=O)c2ccccc23)c(Br)cc1OCc1ccc(Cl)cc1Cl. The van der Waals surface area contributed by atoms with Crippen LogP contribution in [-0.4, -0.2) is 25.5 Å². The largest absolute Gasteiger partial charge is 0.490 e. The third-order valence-electron chi connectivity index (χ3n) is 6.73. The molecule has 200 valence electrons. The van der Waals surface area contributed by atoms with Gasteiger partial charge in [-0.1, -0.05) is 69.5 Å². The molecular formula is C30H24BrCl2NO5. The Morgan fingerprint density at radius 2 is 1.74 bits per heavy atom. The van der Waals surface area contributed by atoms with Gasteiger partial charge >= 0.3 is 5.97 Å². The monoisotopic (exact) mass is 627 g/mol. The first-order chi connectivity index (χ1) is 18.7. The number of allylic oxidation sites excluding steroid dienone is 2. The molecule has 1 aliphatic heterocycles. The molecule has 1 aliphatic carbocycles. The van der Waals surface area contributed by atoms with Gasteiger partial charge in [-0.2, -0.15) is 0 Å². The summed E-state index contributed by atoms with van der Waals surface area (Å²) in [5, 5.41) is 4.32. The van der Waals surface area contributed by atoms with Gasteiger partial charge in [0.05, 0.1) is 30.9 Å². The minimum atomic E-state index is -0.707. The van der Waals surface area contributed by atoms with Crippen LogP contribution in [0.4, 0.5) is 0 Å². The second-order valence-electron chi connectivity index (χ2n) is 9.03. The van der Waals surface area contributed by atoms with Gasteiger partial charge in [-0.15, -0.1) is 0 Å². The van der Waals surface area contributed by atoms with Gasteiger partial charge in [0.2, 0.25) is 0 Å². The Morgan fingerprint density at radius 3 is 2.44 bits per heavy atom. The van der Waals surface area contributed by atoms with Crippen LogP contribution < -0.4 is 14.8 Å². The van der Waals surface area contributed by atoms with Gasteiger partial charge in [0, 0.05) is 42.5 Å². The van der Waals surface area contributed by atoms with Crippen molar-refractivity contribution in [2.45, 2.75) is 26.4 Å². The molecule has 0 saturated carbocycles. The highest BCUT2D eigenvalue weighted by Crippen LogP contribution is 2.50. The van der Waals surface area contributed by atoms with Crippen molar-refractivity contribution in [3.05, 3.63) is 108 Å². The molecule has 0 radical (unpaired) electrons. The zero-order valence-corrected chi connectivity index (χ0v) is 24.5. The van der Waals surface area contributed by atoms with E-state index in [2.05, 4.69) is 21.2 Å². The molecule has 0 unspecified atom stereocenters. The Kier molecular flexibility index (Phi) is 7.76. The number of carbonyl (C=O) groups excluding carboxylic acids is 2. The van der Waals surface area contributed by atoms with Gasteiger partial charge < -0.3 is 19.5 Å². The minimum Gasteiger partial charge on any atom is -0.490 e. The molecule has 2 aliphatic rings. The zero-order valence-electron chi connectivity index (χ0n) is 21.4. The molecule has 0 aromatic heterocycles. The van der Waals surface area contributed by atoms with Crippen molar-refractivity contribution in [1.82, 2.24) is 5.32 Å². The summed E-state index contributed by atoms with van der Waals surface area (Å²) in [7, 11) is 1.33. The molecule has 3 aromatic carbocycles. The number of Topliss-reactive ketones (excluding diaryl/α,β-unsaturated/α-hetero) is 1. The smallest absolute Gasteiger partial charge is 0.336 e. The fourth-order valence-corrected chi connectivity index (χ4v) is 5.98. The van der Waals surface area contributed by atoms with Crippen LogP contribution in [0.15, 0.2) is 75.9 Å². The normalized spacial score (nSPS) is 16.1. The van der Waals surface area contributed by atoms with Crippen LogP contribution in [0.3, 0.4) is 0 Å². The van der Waals surface area contributed by atoms with Gasteiger partial charge in [0.25, 0.3) is 0 Å². The fourth-order valence-electron chi connectivity index (χ4n) is 4.97. The van der Waals surface area contributed by atoms with E-state index in [9.17, 15) is 9.59 Å². The van der Waals surface area contributed by atoms with E-state index in [1.807, 2.05) is 25.1 Å². The number of dihydropyridines is 1. The zero-order chi connectivity index (χ0) is 27.8. The molecule has 0 saturated heterocycles. The van der Waals surface area contributed by atoms with E-state index in [1.165, 1.54) is 7.11 Å². The number of benzene rings is 3. The van der Waals surface area contributed by atoms with Gasteiger partial charge in [-0.25, -0.2) is 4.79 Å². The Hall–Kier alpha value is -3.26. The van der Waals surface area contributed by atoms with E-state index < -0.39 is 11.9 Å². The number of fused-ring (bicyclic) bond motifs is 2. The van der Waals surface area contributed by atoms with Gasteiger partial charge in [-0.3, -0.25) is 4.79 Å². The van der Waals surface area contributed by atoms with Crippen LogP contribution >= 0.6 is 39.1 Å². The van der Waals surface area contributed by atoms with Crippen molar-refractivity contribution in [3.8, 4) is 11.5 Å². The molecule has 39 heavy (non-hydrogen) atoms. The van der Waals surface area contributed by atoms with Crippen LogP contribution in [-0.2, 0) is 16.1 Å². The van der Waals surface area contributed by atoms with E-state index in [-0.39, 0.29) is 12.4 Å². The number of esters is 1. The minimum absolute atomic E-state index is 0.144. The van der Waals surface area contributed by atoms with Crippen molar-refractivity contribution in [1.29, 1.82) is 0 Å². The number of carbonyl (C=O) groups is 2. The van der Waals surface area contributed by atoms with E-state index >= 15 is 0 Å². The summed E-state index contributed by atoms with van der Waals surface area (Å²) >= 11 is 16.0. The molecule has 0 amide bonds. The molecule has 5 rings (SSSR count). The van der Waals surface area contributed by atoms with E-state index in [0.29, 0.717) is 66.3 Å². The lowest BCUT2D eigenvalue weighted by Crippen LogP contribution is -2.29. The third-order valence-corrected chi connectivity index (χ3v) is 8.00. The van der Waals surface area contributed by atoms with Crippen LogP contribution in [0.5, 0.6) is 11.5 Å². The molecule has 1 N–H and O–H groups in total. The quantitative estimate of drug-likeness (QED) is 0.274. The average molecular weight is 629 g/mol. The second-order valence-corrected chi connectivity index (χ2v) is 10.7. The summed E-state index contributed by atoms with van der Waals surface area (Å²) in [6.45, 7) is 4.24. The number of nitrogens with one attached hydrogen (secondary N) is 1. The van der Waals surface area contributed by atoms with E-state index in [1.54, 1.807) is 43.3 Å². The fraction of sp³-hybridized carbons (Fsp3) is 0.200. The molecule has 0 spiro atoms. The lowest BCUT2D eigenvalue weighted by atomic mass is 9.79. The van der Waals surface area contributed by atoms with E-state index in [4.69, 9.17) is 37.4 Å². The van der Waals surface area contributed by atoms with Crippen molar-refractivity contribution < 1.29 is 23.8 Å². The summed E-state index contributed by atoms with van der Waals surface area (Å²) in [6.07, 6.45) is 0. The molecule has 0 fully saturated rings. The van der Waals surface area contributed by atoms with Crippen molar-refractivity contribution in [2.24, 2.45) is 0 Å². The Labute approximate surface area is 244 Å². The maximum Gasteiger partial charge on any atom is 0.336 e. The van der Waals surface area contributed by atoms with Gasteiger partial charge in [0.1, 0.15) is 6.61 Å². The summed E-state index contributed by atoms with van der Waals surface area (Å²) in [6, 6.07) is 16.2. The lowest BCUT2D eigenvalue weighted by Gasteiger charge is -2.30. The number of hydrogen-bond donors (Lipinski definition) is 1. The molecular weight excluding hydrogens is 605 g/mol. The Bertz CT molecular complexity index is 1580. The molecule has 6 nitrogen and oxygen atoms in total.